The van der Waals surface area contributed by atoms with E-state index in [2.05, 4.69) is 5.32 Å². The highest BCUT2D eigenvalue weighted by molar-refractivity contribution is 5.78. The molecule has 1 fully saturated rings. The van der Waals surface area contributed by atoms with E-state index >= 15 is 0 Å². The van der Waals surface area contributed by atoms with Crippen LogP contribution in [0.3, 0.4) is 0 Å². The third-order valence-corrected chi connectivity index (χ3v) is 2.98. The van der Waals surface area contributed by atoms with Gasteiger partial charge in [-0.25, -0.2) is 0 Å². The lowest BCUT2D eigenvalue weighted by atomic mass is 10.1. The molecule has 0 aliphatic heterocycles. The molecule has 1 aromatic carbocycles. The lowest BCUT2D eigenvalue weighted by Gasteiger charge is -2.11. The average molecular weight is 249 g/mol. The Bertz CT molecular complexity index is 439. The van der Waals surface area contributed by atoms with Crippen molar-refractivity contribution in [3.8, 4) is 5.75 Å². The van der Waals surface area contributed by atoms with Gasteiger partial charge in [0.2, 0.25) is 0 Å². The molecule has 1 aromatic rings. The van der Waals surface area contributed by atoms with Gasteiger partial charge in [0, 0.05) is 6.04 Å². The first-order chi connectivity index (χ1) is 8.56. The van der Waals surface area contributed by atoms with Crippen molar-refractivity contribution in [2.45, 2.75) is 38.8 Å². The number of rotatable bonds is 5. The number of amides is 1. The van der Waals surface area contributed by atoms with Crippen molar-refractivity contribution >= 4 is 5.91 Å². The van der Waals surface area contributed by atoms with Crippen molar-refractivity contribution in [3.05, 3.63) is 29.3 Å². The van der Waals surface area contributed by atoms with Crippen LogP contribution in [0, 0.1) is 6.92 Å². The number of benzene rings is 1. The van der Waals surface area contributed by atoms with E-state index in [4.69, 9.17) is 4.74 Å². The van der Waals surface area contributed by atoms with Gasteiger partial charge in [-0.3, -0.25) is 4.79 Å². The number of nitrogens with one attached hydrogen (secondary N) is 1. The summed E-state index contributed by atoms with van der Waals surface area (Å²) in [5, 5.41) is 12.3. The highest BCUT2D eigenvalue weighted by atomic mass is 16.5. The summed E-state index contributed by atoms with van der Waals surface area (Å²) >= 11 is 0. The van der Waals surface area contributed by atoms with Crippen LogP contribution in [-0.4, -0.2) is 23.7 Å². The standard InChI is InChI=1S/C14H19NO3/c1-9-7-11(10(2)16)3-6-13(9)18-8-14(17)15-12-4-5-12/h3,6-7,10,12,16H,4-5,8H2,1-2H3,(H,15,17)/t10-/m1/s1. The minimum atomic E-state index is -0.490. The van der Waals surface area contributed by atoms with E-state index in [9.17, 15) is 9.90 Å². The van der Waals surface area contributed by atoms with E-state index in [0.29, 0.717) is 11.8 Å². The molecule has 0 heterocycles. The SMILES string of the molecule is Cc1cc([C@@H](C)O)ccc1OCC(=O)NC1CC1. The van der Waals surface area contributed by atoms with Crippen LogP contribution in [0.2, 0.25) is 0 Å². The van der Waals surface area contributed by atoms with E-state index in [1.807, 2.05) is 19.1 Å². The Hall–Kier alpha value is -1.55. The molecule has 1 aliphatic rings. The Kier molecular flexibility index (Phi) is 3.87. The molecule has 0 spiro atoms. The first-order valence-corrected chi connectivity index (χ1v) is 6.27. The van der Waals surface area contributed by atoms with Gasteiger partial charge in [0.05, 0.1) is 6.10 Å². The van der Waals surface area contributed by atoms with Crippen LogP contribution in [0.5, 0.6) is 5.75 Å². The number of hydrogen-bond acceptors (Lipinski definition) is 3. The highest BCUT2D eigenvalue weighted by Gasteiger charge is 2.23. The molecule has 4 heteroatoms. The van der Waals surface area contributed by atoms with E-state index in [0.717, 1.165) is 24.0 Å². The molecule has 0 bridgehead atoms. The van der Waals surface area contributed by atoms with Gasteiger partial charge >= 0.3 is 0 Å². The molecule has 0 radical (unpaired) electrons. The lowest BCUT2D eigenvalue weighted by molar-refractivity contribution is -0.123. The van der Waals surface area contributed by atoms with Gasteiger partial charge < -0.3 is 15.2 Å². The Morgan fingerprint density at radius 3 is 2.83 bits per heavy atom. The fourth-order valence-electron chi connectivity index (χ4n) is 1.73. The van der Waals surface area contributed by atoms with Gasteiger partial charge in [-0.1, -0.05) is 6.07 Å². The van der Waals surface area contributed by atoms with E-state index < -0.39 is 6.10 Å². The molecule has 1 amide bonds. The van der Waals surface area contributed by atoms with Gasteiger partial charge in [0.15, 0.2) is 6.61 Å². The normalized spacial score (nSPS) is 16.2. The Morgan fingerprint density at radius 1 is 1.56 bits per heavy atom. The van der Waals surface area contributed by atoms with Crippen LogP contribution in [0.1, 0.15) is 37.0 Å². The second-order valence-electron chi connectivity index (χ2n) is 4.83. The fraction of sp³-hybridized carbons (Fsp3) is 0.500. The second kappa shape index (κ2) is 5.40. The topological polar surface area (TPSA) is 58.6 Å². The first-order valence-electron chi connectivity index (χ1n) is 6.27. The van der Waals surface area contributed by atoms with E-state index in [1.165, 1.54) is 0 Å². The lowest BCUT2D eigenvalue weighted by Crippen LogP contribution is -2.30. The Balaban J connectivity index is 1.90. The van der Waals surface area contributed by atoms with Gasteiger partial charge in [-0.05, 0) is 49.9 Å². The Labute approximate surface area is 107 Å². The van der Waals surface area contributed by atoms with E-state index in [-0.39, 0.29) is 12.5 Å². The minimum Gasteiger partial charge on any atom is -0.484 e. The molecular formula is C14H19NO3. The fourth-order valence-corrected chi connectivity index (χ4v) is 1.73. The monoisotopic (exact) mass is 249 g/mol. The van der Waals surface area contributed by atoms with E-state index in [1.54, 1.807) is 13.0 Å². The van der Waals surface area contributed by atoms with Gasteiger partial charge in [-0.2, -0.15) is 0 Å². The number of aliphatic hydroxyl groups excluding tert-OH is 1. The summed E-state index contributed by atoms with van der Waals surface area (Å²) < 4.78 is 5.47. The number of ether oxygens (including phenoxy) is 1. The van der Waals surface area contributed by atoms with Crippen molar-refractivity contribution in [2.75, 3.05) is 6.61 Å². The maximum absolute atomic E-state index is 11.5. The molecule has 1 aliphatic carbocycles. The quantitative estimate of drug-likeness (QED) is 0.835. The zero-order chi connectivity index (χ0) is 13.1. The maximum atomic E-state index is 11.5. The third-order valence-electron chi connectivity index (χ3n) is 2.98. The summed E-state index contributed by atoms with van der Waals surface area (Å²) in [7, 11) is 0. The maximum Gasteiger partial charge on any atom is 0.258 e. The van der Waals surface area contributed by atoms with Crippen LogP contribution in [-0.2, 0) is 4.79 Å². The van der Waals surface area contributed by atoms with Crippen molar-refractivity contribution in [2.24, 2.45) is 0 Å². The van der Waals surface area contributed by atoms with Crippen molar-refractivity contribution in [1.29, 1.82) is 0 Å². The number of hydrogen-bond donors (Lipinski definition) is 2. The predicted molar refractivity (Wildman–Crippen MR) is 68.5 cm³/mol. The Morgan fingerprint density at radius 2 is 2.28 bits per heavy atom. The highest BCUT2D eigenvalue weighted by Crippen LogP contribution is 2.23. The van der Waals surface area contributed by atoms with Crippen molar-refractivity contribution < 1.29 is 14.6 Å². The summed E-state index contributed by atoms with van der Waals surface area (Å²) in [6.07, 6.45) is 1.66. The first kappa shape index (κ1) is 12.9. The molecule has 4 nitrogen and oxygen atoms in total. The molecular weight excluding hydrogens is 230 g/mol. The summed E-state index contributed by atoms with van der Waals surface area (Å²) in [6, 6.07) is 5.84. The third kappa shape index (κ3) is 3.47. The molecule has 1 atom stereocenters. The number of aryl methyl sites for hydroxylation is 1. The zero-order valence-electron chi connectivity index (χ0n) is 10.8. The largest absolute Gasteiger partial charge is 0.484 e. The van der Waals surface area contributed by atoms with Crippen molar-refractivity contribution in [3.63, 3.8) is 0 Å². The molecule has 0 saturated heterocycles. The van der Waals surface area contributed by atoms with Crippen molar-refractivity contribution in [1.82, 2.24) is 5.32 Å². The van der Waals surface area contributed by atoms with Gasteiger partial charge in [0.1, 0.15) is 5.75 Å². The molecule has 0 aromatic heterocycles. The average Bonchev–Trinajstić information content (AvgIpc) is 3.11. The van der Waals surface area contributed by atoms with Crippen LogP contribution in [0.25, 0.3) is 0 Å². The molecule has 98 valence electrons. The van der Waals surface area contributed by atoms with Crippen LogP contribution in [0.15, 0.2) is 18.2 Å². The molecule has 0 unspecified atom stereocenters. The summed E-state index contributed by atoms with van der Waals surface area (Å²) in [5.41, 5.74) is 1.77. The molecule has 2 N–H and O–H groups in total. The van der Waals surface area contributed by atoms with Gasteiger partial charge in [0.25, 0.3) is 5.91 Å². The zero-order valence-corrected chi connectivity index (χ0v) is 10.8. The number of carbonyl (C=O) groups excluding carboxylic acids is 1. The van der Waals surface area contributed by atoms with Crippen LogP contribution >= 0.6 is 0 Å². The predicted octanol–water partition coefficient (Wildman–Crippen LogP) is 1.71. The second-order valence-corrected chi connectivity index (χ2v) is 4.83. The number of carbonyl (C=O) groups is 1. The molecule has 18 heavy (non-hydrogen) atoms. The van der Waals surface area contributed by atoms with Gasteiger partial charge in [-0.15, -0.1) is 0 Å². The number of aliphatic hydroxyl groups is 1. The summed E-state index contributed by atoms with van der Waals surface area (Å²) in [6.45, 7) is 3.67. The summed E-state index contributed by atoms with van der Waals surface area (Å²) in [5.74, 6) is 0.613. The van der Waals surface area contributed by atoms with Crippen LogP contribution in [0.4, 0.5) is 0 Å². The molecule has 2 rings (SSSR count). The summed E-state index contributed by atoms with van der Waals surface area (Å²) in [4.78, 5) is 11.5. The smallest absolute Gasteiger partial charge is 0.258 e. The molecule has 1 saturated carbocycles. The minimum absolute atomic E-state index is 0.0470. The van der Waals surface area contributed by atoms with Crippen LogP contribution < -0.4 is 10.1 Å².